The van der Waals surface area contributed by atoms with Gasteiger partial charge in [-0.15, -0.1) is 0 Å². The highest BCUT2D eigenvalue weighted by Crippen LogP contribution is 2.30. The van der Waals surface area contributed by atoms with Gasteiger partial charge in [-0.25, -0.2) is 0 Å². The van der Waals surface area contributed by atoms with E-state index in [1.807, 2.05) is 0 Å². The van der Waals surface area contributed by atoms with Crippen LogP contribution in [-0.2, 0) is 4.79 Å². The lowest BCUT2D eigenvalue weighted by Gasteiger charge is -2.35. The Morgan fingerprint density at radius 3 is 2.72 bits per heavy atom. The summed E-state index contributed by atoms with van der Waals surface area (Å²) in [6.45, 7) is 9.38. The lowest BCUT2D eigenvalue weighted by Crippen LogP contribution is -2.50. The fraction of sp³-hybridized carbons (Fsp3) is 0.933. The van der Waals surface area contributed by atoms with Crippen LogP contribution in [0.4, 0.5) is 0 Å². The van der Waals surface area contributed by atoms with Crippen molar-refractivity contribution in [3.05, 3.63) is 0 Å². The first kappa shape index (κ1) is 15.5. The Morgan fingerprint density at radius 1 is 1.39 bits per heavy atom. The van der Waals surface area contributed by atoms with Gasteiger partial charge in [0.2, 0.25) is 5.91 Å². The molecule has 1 aliphatic rings. The third-order valence-electron chi connectivity index (χ3n) is 4.12. The Hall–Kier alpha value is -0.570. The normalized spacial score (nSPS) is 24.2. The van der Waals surface area contributed by atoms with Gasteiger partial charge >= 0.3 is 0 Å². The zero-order valence-corrected chi connectivity index (χ0v) is 12.3. The molecule has 1 aliphatic heterocycles. The predicted octanol–water partition coefficient (Wildman–Crippen LogP) is 2.71. The van der Waals surface area contributed by atoms with E-state index in [2.05, 4.69) is 31.4 Å². The van der Waals surface area contributed by atoms with E-state index in [0.717, 1.165) is 51.2 Å². The van der Waals surface area contributed by atoms with E-state index in [1.165, 1.54) is 12.8 Å². The first-order valence-corrected chi connectivity index (χ1v) is 7.60. The minimum atomic E-state index is -0.143. The number of hydrogen-bond donors (Lipinski definition) is 2. The Balaban J connectivity index is 2.25. The van der Waals surface area contributed by atoms with Crippen LogP contribution in [0, 0.1) is 11.3 Å². The molecule has 1 unspecified atom stereocenters. The minimum Gasteiger partial charge on any atom is -0.356 e. The highest BCUT2D eigenvalue weighted by Gasteiger charge is 2.37. The van der Waals surface area contributed by atoms with E-state index in [1.54, 1.807) is 0 Å². The van der Waals surface area contributed by atoms with Gasteiger partial charge in [0.05, 0.1) is 5.41 Å². The van der Waals surface area contributed by atoms with E-state index in [-0.39, 0.29) is 11.3 Å². The van der Waals surface area contributed by atoms with Crippen LogP contribution in [0.25, 0.3) is 0 Å². The molecule has 1 amide bonds. The Kier molecular flexibility index (Phi) is 6.69. The second-order valence-corrected chi connectivity index (χ2v) is 6.06. The quantitative estimate of drug-likeness (QED) is 0.686. The maximum absolute atomic E-state index is 12.3. The Bertz CT molecular complexity index is 245. The summed E-state index contributed by atoms with van der Waals surface area (Å²) in [4.78, 5) is 12.3. The fourth-order valence-electron chi connectivity index (χ4n) is 2.69. The van der Waals surface area contributed by atoms with Gasteiger partial charge in [0, 0.05) is 13.1 Å². The van der Waals surface area contributed by atoms with Crippen molar-refractivity contribution in [3.8, 4) is 0 Å². The Morgan fingerprint density at radius 2 is 2.17 bits per heavy atom. The molecule has 0 saturated carbocycles. The molecule has 1 fully saturated rings. The maximum Gasteiger partial charge on any atom is 0.227 e. The molecule has 1 heterocycles. The van der Waals surface area contributed by atoms with Crippen molar-refractivity contribution in [1.82, 2.24) is 10.6 Å². The van der Waals surface area contributed by atoms with Gasteiger partial charge in [0.25, 0.3) is 0 Å². The molecule has 0 aromatic rings. The standard InChI is InChI=1S/C15H30N2O/c1-4-15(9-7-10-16-12-15)14(18)17-11-6-5-8-13(2)3/h13,16H,4-12H2,1-3H3,(H,17,18). The van der Waals surface area contributed by atoms with Crippen molar-refractivity contribution < 1.29 is 4.79 Å². The molecule has 3 heteroatoms. The molecule has 18 heavy (non-hydrogen) atoms. The fourth-order valence-corrected chi connectivity index (χ4v) is 2.69. The van der Waals surface area contributed by atoms with Gasteiger partial charge in [-0.1, -0.05) is 33.6 Å². The van der Waals surface area contributed by atoms with Crippen LogP contribution in [0.15, 0.2) is 0 Å². The number of unbranched alkanes of at least 4 members (excludes halogenated alkanes) is 1. The largest absolute Gasteiger partial charge is 0.356 e. The molecule has 1 atom stereocenters. The third kappa shape index (κ3) is 4.60. The average molecular weight is 254 g/mol. The van der Waals surface area contributed by atoms with Gasteiger partial charge in [-0.05, 0) is 38.1 Å². The van der Waals surface area contributed by atoms with Crippen LogP contribution in [0.1, 0.15) is 59.3 Å². The van der Waals surface area contributed by atoms with Crippen molar-refractivity contribution in [2.45, 2.75) is 59.3 Å². The van der Waals surface area contributed by atoms with E-state index in [4.69, 9.17) is 0 Å². The van der Waals surface area contributed by atoms with E-state index < -0.39 is 0 Å². The molecule has 2 N–H and O–H groups in total. The van der Waals surface area contributed by atoms with Gasteiger partial charge in [0.1, 0.15) is 0 Å². The molecule has 106 valence electrons. The van der Waals surface area contributed by atoms with Gasteiger partial charge < -0.3 is 10.6 Å². The number of amides is 1. The summed E-state index contributed by atoms with van der Waals surface area (Å²) < 4.78 is 0. The number of piperidine rings is 1. The summed E-state index contributed by atoms with van der Waals surface area (Å²) in [7, 11) is 0. The zero-order valence-electron chi connectivity index (χ0n) is 12.3. The molecule has 0 aliphatic carbocycles. The molecular formula is C15H30N2O. The summed E-state index contributed by atoms with van der Waals surface area (Å²) in [5, 5.41) is 6.50. The molecule has 0 aromatic heterocycles. The van der Waals surface area contributed by atoms with E-state index in [0.29, 0.717) is 0 Å². The number of nitrogens with one attached hydrogen (secondary N) is 2. The SMILES string of the molecule is CCC1(C(=O)NCCCCC(C)C)CCCNC1. The summed E-state index contributed by atoms with van der Waals surface area (Å²) in [6, 6.07) is 0. The van der Waals surface area contributed by atoms with Crippen molar-refractivity contribution in [3.63, 3.8) is 0 Å². The number of carbonyl (C=O) groups excluding carboxylic acids is 1. The molecule has 3 nitrogen and oxygen atoms in total. The summed E-state index contributed by atoms with van der Waals surface area (Å²) >= 11 is 0. The van der Waals surface area contributed by atoms with Gasteiger partial charge in [0.15, 0.2) is 0 Å². The van der Waals surface area contributed by atoms with Crippen molar-refractivity contribution in [1.29, 1.82) is 0 Å². The smallest absolute Gasteiger partial charge is 0.227 e. The lowest BCUT2D eigenvalue weighted by atomic mass is 9.77. The zero-order chi connectivity index (χ0) is 13.4. The molecule has 0 bridgehead atoms. The van der Waals surface area contributed by atoms with Crippen LogP contribution in [0.2, 0.25) is 0 Å². The minimum absolute atomic E-state index is 0.143. The Labute approximate surface area is 112 Å². The summed E-state index contributed by atoms with van der Waals surface area (Å²) in [5.74, 6) is 1.03. The predicted molar refractivity (Wildman–Crippen MR) is 76.5 cm³/mol. The summed E-state index contributed by atoms with van der Waals surface area (Å²) in [5.41, 5.74) is -0.143. The van der Waals surface area contributed by atoms with Crippen molar-refractivity contribution >= 4 is 5.91 Å². The van der Waals surface area contributed by atoms with Gasteiger partial charge in [-0.3, -0.25) is 4.79 Å². The first-order valence-electron chi connectivity index (χ1n) is 7.60. The maximum atomic E-state index is 12.3. The highest BCUT2D eigenvalue weighted by atomic mass is 16.2. The summed E-state index contributed by atoms with van der Waals surface area (Å²) in [6.07, 6.45) is 6.68. The lowest BCUT2D eigenvalue weighted by molar-refractivity contribution is -0.132. The highest BCUT2D eigenvalue weighted by molar-refractivity contribution is 5.82. The second-order valence-electron chi connectivity index (χ2n) is 6.06. The van der Waals surface area contributed by atoms with Gasteiger partial charge in [-0.2, -0.15) is 0 Å². The molecule has 0 radical (unpaired) electrons. The van der Waals surface area contributed by atoms with Crippen molar-refractivity contribution in [2.24, 2.45) is 11.3 Å². The molecule has 0 aromatic carbocycles. The molecule has 1 rings (SSSR count). The average Bonchev–Trinajstić information content (AvgIpc) is 2.38. The first-order chi connectivity index (χ1) is 8.60. The number of carbonyl (C=O) groups is 1. The van der Waals surface area contributed by atoms with Crippen LogP contribution in [0.3, 0.4) is 0 Å². The second kappa shape index (κ2) is 7.78. The van der Waals surface area contributed by atoms with Crippen LogP contribution < -0.4 is 10.6 Å². The topological polar surface area (TPSA) is 41.1 Å². The number of rotatable bonds is 7. The van der Waals surface area contributed by atoms with Crippen molar-refractivity contribution in [2.75, 3.05) is 19.6 Å². The van der Waals surface area contributed by atoms with E-state index in [9.17, 15) is 4.79 Å². The molecule has 0 spiro atoms. The monoisotopic (exact) mass is 254 g/mol. The van der Waals surface area contributed by atoms with Crippen LogP contribution in [0.5, 0.6) is 0 Å². The van der Waals surface area contributed by atoms with E-state index >= 15 is 0 Å². The van der Waals surface area contributed by atoms with Crippen LogP contribution in [-0.4, -0.2) is 25.5 Å². The van der Waals surface area contributed by atoms with Crippen LogP contribution >= 0.6 is 0 Å². The molecular weight excluding hydrogens is 224 g/mol. The number of hydrogen-bond acceptors (Lipinski definition) is 2. The molecule has 1 saturated heterocycles. The third-order valence-corrected chi connectivity index (χ3v) is 4.12.